The van der Waals surface area contributed by atoms with E-state index in [1.54, 1.807) is 36.4 Å². The lowest BCUT2D eigenvalue weighted by Gasteiger charge is -2.15. The number of benzene rings is 3. The second-order valence-electron chi connectivity index (χ2n) is 8.09. The van der Waals surface area contributed by atoms with Crippen LogP contribution < -0.4 is 16.4 Å². The van der Waals surface area contributed by atoms with Crippen LogP contribution in [0.5, 0.6) is 0 Å². The molecule has 0 atom stereocenters. The Hall–Kier alpha value is -5.12. The highest BCUT2D eigenvalue weighted by Crippen LogP contribution is 2.22. The van der Waals surface area contributed by atoms with Gasteiger partial charge < -0.3 is 0 Å². The van der Waals surface area contributed by atoms with Crippen molar-refractivity contribution in [3.63, 3.8) is 0 Å². The zero-order valence-corrected chi connectivity index (χ0v) is 18.8. The minimum atomic E-state index is -0.778. The molecule has 1 aliphatic rings. The van der Waals surface area contributed by atoms with E-state index in [1.165, 1.54) is 16.8 Å². The predicted molar refractivity (Wildman–Crippen MR) is 129 cm³/mol. The number of rotatable bonds is 5. The van der Waals surface area contributed by atoms with E-state index in [9.17, 15) is 24.0 Å². The summed E-state index contributed by atoms with van der Waals surface area (Å²) in [6.45, 7) is -0.425. The van der Waals surface area contributed by atoms with Gasteiger partial charge >= 0.3 is 0 Å². The van der Waals surface area contributed by atoms with Crippen LogP contribution in [0.15, 0.2) is 83.7 Å². The van der Waals surface area contributed by atoms with Gasteiger partial charge in [0, 0.05) is 5.39 Å². The molecule has 3 aromatic carbocycles. The molecule has 1 aliphatic heterocycles. The number of carbonyl (C=O) groups excluding carboxylic acids is 4. The number of fused-ring (bicyclic) bond motifs is 2. The molecule has 36 heavy (non-hydrogen) atoms. The monoisotopic (exact) mass is 481 g/mol. The van der Waals surface area contributed by atoms with E-state index < -0.39 is 30.2 Å². The molecule has 0 spiro atoms. The third-order valence-electron chi connectivity index (χ3n) is 5.75. The molecule has 0 aliphatic carbocycles. The van der Waals surface area contributed by atoms with E-state index >= 15 is 0 Å². The average molecular weight is 481 g/mol. The molecule has 0 fully saturated rings. The summed E-state index contributed by atoms with van der Waals surface area (Å²) in [5, 5.41) is 4.87. The lowest BCUT2D eigenvalue weighted by molar-refractivity contribution is -0.122. The van der Waals surface area contributed by atoms with Crippen LogP contribution in [0.25, 0.3) is 10.8 Å². The van der Waals surface area contributed by atoms with Crippen LogP contribution in [-0.4, -0.2) is 44.9 Å². The van der Waals surface area contributed by atoms with Gasteiger partial charge in [-0.3, -0.25) is 39.7 Å². The van der Waals surface area contributed by atoms with Crippen molar-refractivity contribution in [3.05, 3.63) is 112 Å². The van der Waals surface area contributed by atoms with E-state index in [4.69, 9.17) is 0 Å². The van der Waals surface area contributed by atoms with Crippen molar-refractivity contribution in [2.75, 3.05) is 6.54 Å². The maximum atomic E-state index is 13.0. The molecule has 2 N–H and O–H groups in total. The summed E-state index contributed by atoms with van der Waals surface area (Å²) in [6.07, 6.45) is 0. The average Bonchev–Trinajstić information content (AvgIpc) is 3.14. The standard InChI is InChI=1S/C26H19N5O5/c32-21(15-30-24(34)19-12-6-7-13-20(19)25(30)35)27-28-23(33)22-17-10-4-5-11-18(17)26(36)31(29-22)14-16-8-2-1-3-9-16/h1-13H,14-15H2,(H,27,32)(H,28,33). The Kier molecular flexibility index (Phi) is 5.83. The highest BCUT2D eigenvalue weighted by molar-refractivity contribution is 6.22. The molecule has 10 heteroatoms. The molecule has 0 unspecified atom stereocenters. The zero-order valence-electron chi connectivity index (χ0n) is 18.8. The van der Waals surface area contributed by atoms with Crippen LogP contribution in [0.3, 0.4) is 0 Å². The van der Waals surface area contributed by atoms with Crippen molar-refractivity contribution in [3.8, 4) is 0 Å². The van der Waals surface area contributed by atoms with Crippen molar-refractivity contribution < 1.29 is 19.2 Å². The largest absolute Gasteiger partial charge is 0.290 e. The quantitative estimate of drug-likeness (QED) is 0.328. The van der Waals surface area contributed by atoms with Crippen LogP contribution in [0, 0.1) is 0 Å². The minimum absolute atomic E-state index is 0.0674. The fourth-order valence-corrected chi connectivity index (χ4v) is 4.02. The summed E-state index contributed by atoms with van der Waals surface area (Å²) >= 11 is 0. The van der Waals surface area contributed by atoms with Crippen molar-refractivity contribution in [1.29, 1.82) is 0 Å². The number of carbonyl (C=O) groups is 4. The maximum absolute atomic E-state index is 13.0. The smallest absolute Gasteiger partial charge is 0.271 e. The molecule has 10 nitrogen and oxygen atoms in total. The van der Waals surface area contributed by atoms with Gasteiger partial charge in [-0.05, 0) is 23.8 Å². The van der Waals surface area contributed by atoms with E-state index in [2.05, 4.69) is 16.0 Å². The first-order valence-electron chi connectivity index (χ1n) is 11.0. The van der Waals surface area contributed by atoms with Gasteiger partial charge in [-0.1, -0.05) is 60.7 Å². The molecule has 0 radical (unpaired) electrons. The summed E-state index contributed by atoms with van der Waals surface area (Å²) in [7, 11) is 0. The first-order chi connectivity index (χ1) is 17.4. The van der Waals surface area contributed by atoms with E-state index in [0.29, 0.717) is 10.8 Å². The number of imide groups is 1. The number of aromatic nitrogens is 2. The Balaban J connectivity index is 1.34. The summed E-state index contributed by atoms with van der Waals surface area (Å²) < 4.78 is 1.19. The minimum Gasteiger partial charge on any atom is -0.271 e. The molecule has 0 saturated heterocycles. The maximum Gasteiger partial charge on any atom is 0.290 e. The van der Waals surface area contributed by atoms with Gasteiger partial charge in [0.2, 0.25) is 0 Å². The number of hydrogen-bond donors (Lipinski definition) is 2. The Morgan fingerprint density at radius 2 is 1.31 bits per heavy atom. The molecule has 4 amide bonds. The van der Waals surface area contributed by atoms with Crippen LogP contribution in [0.2, 0.25) is 0 Å². The van der Waals surface area contributed by atoms with E-state index in [-0.39, 0.29) is 28.9 Å². The van der Waals surface area contributed by atoms with Crippen LogP contribution in [0.1, 0.15) is 36.8 Å². The first kappa shape index (κ1) is 22.7. The Bertz CT molecular complexity index is 1560. The summed E-state index contributed by atoms with van der Waals surface area (Å²) in [5.41, 5.74) is 5.30. The predicted octanol–water partition coefficient (Wildman–Crippen LogP) is 1.50. The summed E-state index contributed by atoms with van der Waals surface area (Å²) in [6, 6.07) is 22.0. The number of amides is 4. The number of hydrazine groups is 1. The Morgan fingerprint density at radius 1 is 0.722 bits per heavy atom. The molecule has 178 valence electrons. The second kappa shape index (κ2) is 9.26. The van der Waals surface area contributed by atoms with E-state index in [1.807, 2.05) is 30.3 Å². The van der Waals surface area contributed by atoms with Crippen molar-refractivity contribution in [2.24, 2.45) is 0 Å². The van der Waals surface area contributed by atoms with Gasteiger partial charge in [-0.15, -0.1) is 0 Å². The number of nitrogens with one attached hydrogen (secondary N) is 2. The topological polar surface area (TPSA) is 130 Å². The molecular weight excluding hydrogens is 462 g/mol. The van der Waals surface area contributed by atoms with Crippen LogP contribution in [-0.2, 0) is 11.3 Å². The van der Waals surface area contributed by atoms with Crippen LogP contribution in [0.4, 0.5) is 0 Å². The molecule has 2 heterocycles. The molecular formula is C26H19N5O5. The fraction of sp³-hybridized carbons (Fsp3) is 0.0769. The van der Waals surface area contributed by atoms with Gasteiger partial charge in [-0.25, -0.2) is 4.68 Å². The first-order valence-corrected chi connectivity index (χ1v) is 11.0. The zero-order chi connectivity index (χ0) is 25.2. The van der Waals surface area contributed by atoms with Crippen molar-refractivity contribution >= 4 is 34.4 Å². The summed E-state index contributed by atoms with van der Waals surface area (Å²) in [5.74, 6) is -2.71. The second-order valence-corrected chi connectivity index (χ2v) is 8.09. The number of hydrogen-bond acceptors (Lipinski definition) is 6. The van der Waals surface area contributed by atoms with Gasteiger partial charge in [0.1, 0.15) is 6.54 Å². The highest BCUT2D eigenvalue weighted by Gasteiger charge is 2.36. The lowest BCUT2D eigenvalue weighted by atomic mass is 10.1. The van der Waals surface area contributed by atoms with E-state index in [0.717, 1.165) is 10.5 Å². The summed E-state index contributed by atoms with van der Waals surface area (Å²) in [4.78, 5) is 64.1. The van der Waals surface area contributed by atoms with Gasteiger partial charge in [-0.2, -0.15) is 5.10 Å². The molecule has 1 aromatic heterocycles. The molecule has 0 bridgehead atoms. The number of nitrogens with zero attached hydrogens (tertiary/aromatic N) is 3. The molecule has 5 rings (SSSR count). The van der Waals surface area contributed by atoms with Gasteiger partial charge in [0.25, 0.3) is 29.2 Å². The third kappa shape index (κ3) is 4.11. The third-order valence-corrected chi connectivity index (χ3v) is 5.75. The van der Waals surface area contributed by atoms with Crippen LogP contribution >= 0.6 is 0 Å². The molecule has 4 aromatic rings. The van der Waals surface area contributed by atoms with Gasteiger partial charge in [0.05, 0.1) is 23.1 Å². The van der Waals surface area contributed by atoms with Crippen molar-refractivity contribution in [2.45, 2.75) is 6.54 Å². The SMILES string of the molecule is O=C(CN1C(=O)c2ccccc2C1=O)NNC(=O)c1nn(Cc2ccccc2)c(=O)c2ccccc12. The Labute approximate surface area is 204 Å². The highest BCUT2D eigenvalue weighted by atomic mass is 16.2. The van der Waals surface area contributed by atoms with Crippen molar-refractivity contribution in [1.82, 2.24) is 25.5 Å². The lowest BCUT2D eigenvalue weighted by Crippen LogP contribution is -2.48. The normalized spacial score (nSPS) is 12.5. The van der Waals surface area contributed by atoms with Gasteiger partial charge in [0.15, 0.2) is 5.69 Å². The Morgan fingerprint density at radius 3 is 1.97 bits per heavy atom. The fourth-order valence-electron chi connectivity index (χ4n) is 4.02. The molecule has 0 saturated carbocycles.